The molecule has 0 aliphatic rings. The minimum atomic E-state index is -3.98. The summed E-state index contributed by atoms with van der Waals surface area (Å²) in [7, 11) is -3.98. The number of hydrogen-bond acceptors (Lipinski definition) is 3. The molecule has 5 nitrogen and oxygen atoms in total. The highest BCUT2D eigenvalue weighted by Crippen LogP contribution is 2.20. The van der Waals surface area contributed by atoms with Crippen molar-refractivity contribution in [1.29, 1.82) is 0 Å². The molecule has 0 aliphatic heterocycles. The van der Waals surface area contributed by atoms with Crippen molar-refractivity contribution in [2.45, 2.75) is 4.90 Å². The molecular weight excluding hydrogens is 407 g/mol. The highest BCUT2D eigenvalue weighted by Gasteiger charge is 2.16. The number of amidine groups is 1. The standard InChI is InChI=1S/C19H14Cl2N2O3S/c20-14-3-1-13(2-4-14)19(22-16-7-9-17(24)10-8-16)23-27(25,26)18-11-5-15(21)6-12-18/h1-12,24H,(H,22,23). The third-order valence-corrected chi connectivity index (χ3v) is 5.37. The molecule has 0 bridgehead atoms. The van der Waals surface area contributed by atoms with Crippen LogP contribution in [0.4, 0.5) is 5.69 Å². The Morgan fingerprint density at radius 1 is 0.815 bits per heavy atom. The molecule has 0 aliphatic carbocycles. The van der Waals surface area contributed by atoms with E-state index >= 15 is 0 Å². The average Bonchev–Trinajstić information content (AvgIpc) is 2.64. The predicted molar refractivity (Wildman–Crippen MR) is 108 cm³/mol. The van der Waals surface area contributed by atoms with Gasteiger partial charge in [0, 0.05) is 21.3 Å². The van der Waals surface area contributed by atoms with E-state index in [1.54, 1.807) is 36.4 Å². The van der Waals surface area contributed by atoms with Crippen LogP contribution in [0.5, 0.6) is 5.75 Å². The van der Waals surface area contributed by atoms with Gasteiger partial charge in [-0.1, -0.05) is 23.2 Å². The molecule has 0 aromatic heterocycles. The van der Waals surface area contributed by atoms with Gasteiger partial charge in [-0.25, -0.2) is 0 Å². The molecule has 0 saturated heterocycles. The zero-order valence-corrected chi connectivity index (χ0v) is 16.1. The maximum atomic E-state index is 12.7. The lowest BCUT2D eigenvalue weighted by atomic mass is 10.2. The molecule has 27 heavy (non-hydrogen) atoms. The first-order valence-electron chi connectivity index (χ1n) is 7.76. The molecule has 3 aromatic rings. The summed E-state index contributed by atoms with van der Waals surface area (Å²) in [6, 6.07) is 18.5. The molecule has 3 aromatic carbocycles. The number of rotatable bonds is 4. The van der Waals surface area contributed by atoms with Crippen molar-refractivity contribution < 1.29 is 13.5 Å². The van der Waals surface area contributed by atoms with E-state index in [0.29, 0.717) is 21.3 Å². The van der Waals surface area contributed by atoms with E-state index < -0.39 is 10.0 Å². The number of sulfonamides is 1. The van der Waals surface area contributed by atoms with Gasteiger partial charge >= 0.3 is 0 Å². The quantitative estimate of drug-likeness (QED) is 0.355. The van der Waals surface area contributed by atoms with Crippen LogP contribution >= 0.6 is 23.2 Å². The van der Waals surface area contributed by atoms with Gasteiger partial charge < -0.3 is 10.4 Å². The molecule has 2 N–H and O–H groups in total. The Morgan fingerprint density at radius 3 is 1.89 bits per heavy atom. The lowest BCUT2D eigenvalue weighted by molar-refractivity contribution is 0.475. The maximum Gasteiger partial charge on any atom is 0.284 e. The molecule has 3 rings (SSSR count). The second-order valence-electron chi connectivity index (χ2n) is 5.55. The van der Waals surface area contributed by atoms with Gasteiger partial charge in [-0.15, -0.1) is 4.40 Å². The van der Waals surface area contributed by atoms with E-state index in [9.17, 15) is 13.5 Å². The van der Waals surface area contributed by atoms with E-state index in [1.165, 1.54) is 36.4 Å². The Kier molecular flexibility index (Phi) is 5.70. The van der Waals surface area contributed by atoms with Crippen molar-refractivity contribution in [2.24, 2.45) is 4.40 Å². The van der Waals surface area contributed by atoms with Crippen LogP contribution in [0.15, 0.2) is 82.1 Å². The topological polar surface area (TPSA) is 78.8 Å². The van der Waals surface area contributed by atoms with Gasteiger partial charge in [0.15, 0.2) is 5.84 Å². The van der Waals surface area contributed by atoms with Crippen molar-refractivity contribution in [3.8, 4) is 5.75 Å². The monoisotopic (exact) mass is 420 g/mol. The summed E-state index contributed by atoms with van der Waals surface area (Å²) in [6.07, 6.45) is 0. The number of nitrogens with one attached hydrogen (secondary N) is 1. The first-order valence-corrected chi connectivity index (χ1v) is 9.96. The Morgan fingerprint density at radius 2 is 1.33 bits per heavy atom. The van der Waals surface area contributed by atoms with E-state index in [-0.39, 0.29) is 16.5 Å². The number of aromatic hydroxyl groups is 1. The molecular formula is C19H14Cl2N2O3S. The Balaban J connectivity index is 2.04. The van der Waals surface area contributed by atoms with Crippen LogP contribution in [0.25, 0.3) is 0 Å². The summed E-state index contributed by atoms with van der Waals surface area (Å²) in [5, 5.41) is 13.3. The molecule has 0 spiro atoms. The fourth-order valence-electron chi connectivity index (χ4n) is 2.22. The molecule has 0 saturated carbocycles. The van der Waals surface area contributed by atoms with E-state index in [1.807, 2.05) is 0 Å². The number of halogens is 2. The van der Waals surface area contributed by atoms with Crippen LogP contribution < -0.4 is 5.32 Å². The summed E-state index contributed by atoms with van der Waals surface area (Å²) < 4.78 is 29.4. The van der Waals surface area contributed by atoms with Crippen molar-refractivity contribution in [3.05, 3.63) is 88.4 Å². The predicted octanol–water partition coefficient (Wildman–Crippen LogP) is 4.95. The van der Waals surface area contributed by atoms with Gasteiger partial charge in [0.1, 0.15) is 5.75 Å². The number of benzene rings is 3. The van der Waals surface area contributed by atoms with Crippen LogP contribution in [0.3, 0.4) is 0 Å². The second-order valence-corrected chi connectivity index (χ2v) is 8.02. The fraction of sp³-hybridized carbons (Fsp3) is 0. The highest BCUT2D eigenvalue weighted by molar-refractivity contribution is 7.90. The van der Waals surface area contributed by atoms with Gasteiger partial charge in [0.25, 0.3) is 10.0 Å². The van der Waals surface area contributed by atoms with Crippen molar-refractivity contribution in [2.75, 3.05) is 5.32 Å². The fourth-order valence-corrected chi connectivity index (χ4v) is 3.45. The van der Waals surface area contributed by atoms with Gasteiger partial charge in [0.05, 0.1) is 4.90 Å². The normalized spacial score (nSPS) is 12.0. The van der Waals surface area contributed by atoms with Crippen molar-refractivity contribution in [3.63, 3.8) is 0 Å². The third kappa shape index (κ3) is 5.01. The maximum absolute atomic E-state index is 12.7. The number of nitrogens with zero attached hydrogens (tertiary/aromatic N) is 1. The molecule has 0 fully saturated rings. The molecule has 138 valence electrons. The van der Waals surface area contributed by atoms with E-state index in [0.717, 1.165) is 0 Å². The zero-order valence-electron chi connectivity index (χ0n) is 13.8. The first kappa shape index (κ1) is 19.2. The first-order chi connectivity index (χ1) is 12.8. The average molecular weight is 421 g/mol. The molecule has 0 unspecified atom stereocenters. The van der Waals surface area contributed by atoms with Gasteiger partial charge in [0.2, 0.25) is 0 Å². The van der Waals surface area contributed by atoms with Crippen LogP contribution in [-0.4, -0.2) is 19.4 Å². The van der Waals surface area contributed by atoms with Gasteiger partial charge in [-0.2, -0.15) is 8.42 Å². The zero-order chi connectivity index (χ0) is 19.4. The van der Waals surface area contributed by atoms with Crippen LogP contribution in [-0.2, 0) is 10.0 Å². The minimum Gasteiger partial charge on any atom is -0.508 e. The number of phenols is 1. The summed E-state index contributed by atoms with van der Waals surface area (Å²) in [5.41, 5.74) is 1.10. The highest BCUT2D eigenvalue weighted by atomic mass is 35.5. The largest absolute Gasteiger partial charge is 0.508 e. The molecule has 0 heterocycles. The lowest BCUT2D eigenvalue weighted by Crippen LogP contribution is -2.16. The van der Waals surface area contributed by atoms with Crippen LogP contribution in [0.1, 0.15) is 5.56 Å². The number of anilines is 1. The van der Waals surface area contributed by atoms with Crippen LogP contribution in [0.2, 0.25) is 10.0 Å². The second kappa shape index (κ2) is 8.00. The van der Waals surface area contributed by atoms with Crippen molar-refractivity contribution in [1.82, 2.24) is 0 Å². The summed E-state index contributed by atoms with van der Waals surface area (Å²) in [5.74, 6) is 0.214. The summed E-state index contributed by atoms with van der Waals surface area (Å²) >= 11 is 11.7. The number of hydrogen-bond donors (Lipinski definition) is 2. The molecule has 0 amide bonds. The molecule has 0 radical (unpaired) electrons. The third-order valence-electron chi connectivity index (χ3n) is 3.57. The molecule has 8 heteroatoms. The summed E-state index contributed by atoms with van der Waals surface area (Å²) in [4.78, 5) is 0.0193. The van der Waals surface area contributed by atoms with Gasteiger partial charge in [-0.05, 0) is 72.8 Å². The smallest absolute Gasteiger partial charge is 0.284 e. The van der Waals surface area contributed by atoms with E-state index in [4.69, 9.17) is 23.2 Å². The lowest BCUT2D eigenvalue weighted by Gasteiger charge is -2.11. The Labute approximate surface area is 167 Å². The van der Waals surface area contributed by atoms with E-state index in [2.05, 4.69) is 9.71 Å². The van der Waals surface area contributed by atoms with Crippen molar-refractivity contribution >= 4 is 44.7 Å². The SMILES string of the molecule is O=S(=O)(/N=C(/Nc1ccc(O)cc1)c1ccc(Cl)cc1)c1ccc(Cl)cc1. The van der Waals surface area contributed by atoms with Gasteiger partial charge in [-0.3, -0.25) is 0 Å². The summed E-state index contributed by atoms with van der Waals surface area (Å²) in [6.45, 7) is 0. The Bertz CT molecular complexity index is 1060. The number of phenolic OH excluding ortho intramolecular Hbond substituents is 1. The Hall–Kier alpha value is -2.54. The van der Waals surface area contributed by atoms with Crippen LogP contribution in [0, 0.1) is 0 Å². The minimum absolute atomic E-state index is 0.0193. The molecule has 0 atom stereocenters.